The van der Waals surface area contributed by atoms with Gasteiger partial charge < -0.3 is 10.4 Å². The molecule has 22 heavy (non-hydrogen) atoms. The van der Waals surface area contributed by atoms with Crippen LogP contribution in [0, 0.1) is 6.92 Å². The summed E-state index contributed by atoms with van der Waals surface area (Å²) in [7, 11) is 0. The summed E-state index contributed by atoms with van der Waals surface area (Å²) in [5, 5.41) is 13.1. The van der Waals surface area contributed by atoms with E-state index in [0.717, 1.165) is 5.56 Å². The smallest absolute Gasteiger partial charge is 0.269 e. The predicted octanol–water partition coefficient (Wildman–Crippen LogP) is 2.99. The summed E-state index contributed by atoms with van der Waals surface area (Å²) in [6.45, 7) is 1.90. The molecule has 0 radical (unpaired) electrons. The summed E-state index contributed by atoms with van der Waals surface area (Å²) in [5.41, 5.74) is 7.00. The van der Waals surface area contributed by atoms with Crippen LogP contribution in [0.25, 0.3) is 0 Å². The maximum absolute atomic E-state index is 11.9. The Kier molecular flexibility index (Phi) is 5.19. The molecule has 0 atom stereocenters. The van der Waals surface area contributed by atoms with Gasteiger partial charge in [-0.2, -0.15) is 0 Å². The molecule has 114 valence electrons. The fourth-order valence-electron chi connectivity index (χ4n) is 1.67. The molecule has 1 amide bonds. The highest BCUT2D eigenvalue weighted by Crippen LogP contribution is 2.19. The van der Waals surface area contributed by atoms with E-state index in [2.05, 4.69) is 16.2 Å². The first kappa shape index (κ1) is 16.1. The minimum absolute atomic E-state index is 0.0163. The highest BCUT2D eigenvalue weighted by atomic mass is 35.5. The monoisotopic (exact) mass is 335 g/mol. The number of phenolic OH excluding ortho intramolecular Hbond substituents is 1. The predicted molar refractivity (Wildman–Crippen MR) is 91.1 cm³/mol. The number of rotatable bonds is 2. The van der Waals surface area contributed by atoms with E-state index in [4.69, 9.17) is 23.8 Å². The van der Waals surface area contributed by atoms with Gasteiger partial charge in [0.25, 0.3) is 5.91 Å². The van der Waals surface area contributed by atoms with Crippen molar-refractivity contribution >= 4 is 40.5 Å². The van der Waals surface area contributed by atoms with E-state index in [-0.39, 0.29) is 10.9 Å². The van der Waals surface area contributed by atoms with Crippen molar-refractivity contribution in [1.29, 1.82) is 0 Å². The van der Waals surface area contributed by atoms with Gasteiger partial charge in [0.2, 0.25) is 0 Å². The number of halogens is 1. The molecule has 2 aromatic rings. The average Bonchev–Trinajstić information content (AvgIpc) is 2.48. The first-order valence-electron chi connectivity index (χ1n) is 6.38. The van der Waals surface area contributed by atoms with Crippen molar-refractivity contribution in [1.82, 2.24) is 10.9 Å². The number of hydrazine groups is 1. The third kappa shape index (κ3) is 4.34. The molecule has 0 aliphatic heterocycles. The van der Waals surface area contributed by atoms with Crippen molar-refractivity contribution in [3.8, 4) is 5.75 Å². The Hall–Kier alpha value is -2.31. The lowest BCUT2D eigenvalue weighted by molar-refractivity contribution is 0.0944. The number of phenols is 1. The summed E-state index contributed by atoms with van der Waals surface area (Å²) in [6, 6.07) is 11.4. The maximum Gasteiger partial charge on any atom is 0.269 e. The zero-order chi connectivity index (χ0) is 16.1. The molecular weight excluding hydrogens is 322 g/mol. The molecule has 0 aliphatic rings. The minimum Gasteiger partial charge on any atom is -0.508 e. The van der Waals surface area contributed by atoms with Gasteiger partial charge in [0.05, 0.1) is 0 Å². The fraction of sp³-hybridized carbons (Fsp3) is 0.0667. The van der Waals surface area contributed by atoms with Crippen molar-refractivity contribution in [2.75, 3.05) is 5.32 Å². The number of hydrogen-bond acceptors (Lipinski definition) is 3. The van der Waals surface area contributed by atoms with Gasteiger partial charge in [0.1, 0.15) is 5.75 Å². The molecule has 0 fully saturated rings. The summed E-state index contributed by atoms with van der Waals surface area (Å²) in [6.07, 6.45) is 0. The number of carbonyl (C=O) groups excluding carboxylic acids is 1. The molecule has 5 nitrogen and oxygen atoms in total. The molecule has 2 aromatic carbocycles. The van der Waals surface area contributed by atoms with E-state index < -0.39 is 5.91 Å². The van der Waals surface area contributed by atoms with Gasteiger partial charge in [-0.3, -0.25) is 15.6 Å². The standard InChI is InChI=1S/C15H14ClN3O2S/c1-9-5-6-11(8-13(9)16)17-15(22)19-18-14(21)10-3-2-4-12(20)7-10/h2-8,20H,1H3,(H,18,21)(H2,17,19,22). The quantitative estimate of drug-likeness (QED) is 0.501. The summed E-state index contributed by atoms with van der Waals surface area (Å²) in [4.78, 5) is 11.9. The molecular formula is C15H14ClN3O2S. The average molecular weight is 336 g/mol. The van der Waals surface area contributed by atoms with Crippen molar-refractivity contribution < 1.29 is 9.90 Å². The van der Waals surface area contributed by atoms with Crippen LogP contribution in [-0.2, 0) is 0 Å². The lowest BCUT2D eigenvalue weighted by atomic mass is 10.2. The van der Waals surface area contributed by atoms with E-state index in [1.165, 1.54) is 12.1 Å². The van der Waals surface area contributed by atoms with Crippen molar-refractivity contribution in [3.63, 3.8) is 0 Å². The number of benzene rings is 2. The van der Waals surface area contributed by atoms with Gasteiger partial charge in [0, 0.05) is 16.3 Å². The van der Waals surface area contributed by atoms with Gasteiger partial charge in [-0.15, -0.1) is 0 Å². The van der Waals surface area contributed by atoms with E-state index in [1.807, 2.05) is 19.1 Å². The Morgan fingerprint density at radius 1 is 1.18 bits per heavy atom. The van der Waals surface area contributed by atoms with Crippen molar-refractivity contribution in [2.24, 2.45) is 0 Å². The first-order valence-corrected chi connectivity index (χ1v) is 7.17. The Morgan fingerprint density at radius 2 is 1.95 bits per heavy atom. The Balaban J connectivity index is 1.90. The molecule has 0 unspecified atom stereocenters. The molecule has 0 bridgehead atoms. The van der Waals surface area contributed by atoms with Gasteiger partial charge >= 0.3 is 0 Å². The number of amides is 1. The number of aromatic hydroxyl groups is 1. The van der Waals surface area contributed by atoms with Crippen LogP contribution < -0.4 is 16.2 Å². The summed E-state index contributed by atoms with van der Waals surface area (Å²) < 4.78 is 0. The van der Waals surface area contributed by atoms with Crippen LogP contribution in [0.5, 0.6) is 5.75 Å². The largest absolute Gasteiger partial charge is 0.508 e. The maximum atomic E-state index is 11.9. The third-order valence-corrected chi connectivity index (χ3v) is 3.44. The van der Waals surface area contributed by atoms with Crippen molar-refractivity contribution in [3.05, 3.63) is 58.6 Å². The molecule has 0 spiro atoms. The number of hydrogen-bond donors (Lipinski definition) is 4. The van der Waals surface area contributed by atoms with Crippen LogP contribution in [0.1, 0.15) is 15.9 Å². The highest BCUT2D eigenvalue weighted by molar-refractivity contribution is 7.80. The van der Waals surface area contributed by atoms with Crippen LogP contribution in [0.3, 0.4) is 0 Å². The number of thiocarbonyl (C=S) groups is 1. The summed E-state index contributed by atoms with van der Waals surface area (Å²) in [5.74, 6) is -0.398. The van der Waals surface area contributed by atoms with Crippen LogP contribution in [-0.4, -0.2) is 16.1 Å². The zero-order valence-corrected chi connectivity index (χ0v) is 13.3. The number of aryl methyl sites for hydroxylation is 1. The Labute approximate surface area is 138 Å². The molecule has 0 saturated heterocycles. The second-order valence-electron chi connectivity index (χ2n) is 4.55. The molecule has 7 heteroatoms. The van der Waals surface area contributed by atoms with Crippen molar-refractivity contribution in [2.45, 2.75) is 6.92 Å². The minimum atomic E-state index is -0.415. The normalized spacial score (nSPS) is 9.91. The van der Waals surface area contributed by atoms with E-state index in [0.29, 0.717) is 16.3 Å². The fourth-order valence-corrected chi connectivity index (χ4v) is 2.02. The SMILES string of the molecule is Cc1ccc(NC(=S)NNC(=O)c2cccc(O)c2)cc1Cl. The van der Waals surface area contributed by atoms with E-state index in [9.17, 15) is 9.90 Å². The first-order chi connectivity index (χ1) is 10.5. The van der Waals surface area contributed by atoms with Gasteiger partial charge in [0.15, 0.2) is 5.11 Å². The van der Waals surface area contributed by atoms with E-state index in [1.54, 1.807) is 18.2 Å². The van der Waals surface area contributed by atoms with E-state index >= 15 is 0 Å². The summed E-state index contributed by atoms with van der Waals surface area (Å²) >= 11 is 11.1. The molecule has 0 aliphatic carbocycles. The second kappa shape index (κ2) is 7.11. The van der Waals surface area contributed by atoms with Gasteiger partial charge in [-0.25, -0.2) is 0 Å². The van der Waals surface area contributed by atoms with Gasteiger partial charge in [-0.1, -0.05) is 23.7 Å². The van der Waals surface area contributed by atoms with Crippen LogP contribution in [0.2, 0.25) is 5.02 Å². The topological polar surface area (TPSA) is 73.4 Å². The lowest BCUT2D eigenvalue weighted by Crippen LogP contribution is -2.43. The van der Waals surface area contributed by atoms with Crippen LogP contribution >= 0.6 is 23.8 Å². The number of anilines is 1. The zero-order valence-electron chi connectivity index (χ0n) is 11.7. The highest BCUT2D eigenvalue weighted by Gasteiger charge is 2.06. The molecule has 4 N–H and O–H groups in total. The van der Waals surface area contributed by atoms with Crippen LogP contribution in [0.15, 0.2) is 42.5 Å². The third-order valence-electron chi connectivity index (χ3n) is 2.83. The van der Waals surface area contributed by atoms with Crippen LogP contribution in [0.4, 0.5) is 5.69 Å². The Bertz CT molecular complexity index is 722. The molecule has 2 rings (SSSR count). The second-order valence-corrected chi connectivity index (χ2v) is 5.36. The molecule has 0 heterocycles. The number of nitrogens with one attached hydrogen (secondary N) is 3. The number of carbonyl (C=O) groups is 1. The van der Waals surface area contributed by atoms with Gasteiger partial charge in [-0.05, 0) is 55.0 Å². The lowest BCUT2D eigenvalue weighted by Gasteiger charge is -2.12. The molecule has 0 aromatic heterocycles. The molecule has 0 saturated carbocycles. The Morgan fingerprint density at radius 3 is 2.64 bits per heavy atom.